The minimum absolute atomic E-state index is 0.556. The standard InChI is InChI=1S/C18H26N2O/c1-14(2)20(11-15-6-5-9-19-10-15)12-16-13-21-18-8-4-3-7-17(16)18/h3-4,7-8,13-15,19H,5-6,9-12H2,1-2H3. The molecule has 3 rings (SSSR count). The van der Waals surface area contributed by atoms with Crippen LogP contribution in [0.1, 0.15) is 32.3 Å². The summed E-state index contributed by atoms with van der Waals surface area (Å²) >= 11 is 0. The van der Waals surface area contributed by atoms with Gasteiger partial charge in [0, 0.05) is 30.1 Å². The van der Waals surface area contributed by atoms with Gasteiger partial charge in [-0.1, -0.05) is 18.2 Å². The van der Waals surface area contributed by atoms with E-state index in [1.54, 1.807) is 0 Å². The summed E-state index contributed by atoms with van der Waals surface area (Å²) < 4.78 is 5.68. The van der Waals surface area contributed by atoms with E-state index in [-0.39, 0.29) is 0 Å². The SMILES string of the molecule is CC(C)N(Cc1coc2ccccc12)CC1CCCNC1. The Bertz CT molecular complexity index is 569. The Hall–Kier alpha value is -1.32. The van der Waals surface area contributed by atoms with Crippen molar-refractivity contribution in [2.75, 3.05) is 19.6 Å². The van der Waals surface area contributed by atoms with Crippen LogP contribution in [0.3, 0.4) is 0 Å². The Labute approximate surface area is 127 Å². The Morgan fingerprint density at radius 3 is 2.95 bits per heavy atom. The maximum atomic E-state index is 5.68. The van der Waals surface area contributed by atoms with Gasteiger partial charge in [-0.25, -0.2) is 0 Å². The summed E-state index contributed by atoms with van der Waals surface area (Å²) in [6.45, 7) is 9.08. The second kappa shape index (κ2) is 6.63. The van der Waals surface area contributed by atoms with Gasteiger partial charge >= 0.3 is 0 Å². The molecule has 0 aliphatic carbocycles. The number of nitrogens with one attached hydrogen (secondary N) is 1. The van der Waals surface area contributed by atoms with Crippen molar-refractivity contribution in [3.05, 3.63) is 36.1 Å². The summed E-state index contributed by atoms with van der Waals surface area (Å²) in [5.74, 6) is 0.777. The van der Waals surface area contributed by atoms with E-state index >= 15 is 0 Å². The molecule has 1 aromatic heterocycles. The van der Waals surface area contributed by atoms with E-state index in [9.17, 15) is 0 Å². The summed E-state index contributed by atoms with van der Waals surface area (Å²) in [6.07, 6.45) is 4.59. The maximum Gasteiger partial charge on any atom is 0.134 e. The Morgan fingerprint density at radius 1 is 1.33 bits per heavy atom. The smallest absolute Gasteiger partial charge is 0.134 e. The van der Waals surface area contributed by atoms with Gasteiger partial charge in [0.15, 0.2) is 0 Å². The van der Waals surface area contributed by atoms with Crippen molar-refractivity contribution in [1.82, 2.24) is 10.2 Å². The number of para-hydroxylation sites is 1. The average Bonchev–Trinajstić information content (AvgIpc) is 2.91. The second-order valence-electron chi connectivity index (χ2n) is 6.49. The van der Waals surface area contributed by atoms with E-state index in [1.807, 2.05) is 18.4 Å². The summed E-state index contributed by atoms with van der Waals surface area (Å²) in [5.41, 5.74) is 2.30. The van der Waals surface area contributed by atoms with Crippen molar-refractivity contribution in [3.8, 4) is 0 Å². The van der Waals surface area contributed by atoms with Crippen molar-refractivity contribution in [3.63, 3.8) is 0 Å². The molecule has 2 aromatic rings. The van der Waals surface area contributed by atoms with Crippen LogP contribution in [0.5, 0.6) is 0 Å². The largest absolute Gasteiger partial charge is 0.464 e. The lowest BCUT2D eigenvalue weighted by atomic mass is 9.98. The van der Waals surface area contributed by atoms with E-state index < -0.39 is 0 Å². The van der Waals surface area contributed by atoms with Crippen molar-refractivity contribution >= 4 is 11.0 Å². The molecule has 1 aliphatic rings. The van der Waals surface area contributed by atoms with E-state index in [2.05, 4.69) is 36.2 Å². The van der Waals surface area contributed by atoms with Crippen molar-refractivity contribution in [2.24, 2.45) is 5.92 Å². The van der Waals surface area contributed by atoms with E-state index in [0.717, 1.165) is 24.6 Å². The third-order valence-electron chi connectivity index (χ3n) is 4.56. The van der Waals surface area contributed by atoms with Gasteiger partial charge in [-0.3, -0.25) is 4.90 Å². The van der Waals surface area contributed by atoms with Crippen molar-refractivity contribution in [1.29, 1.82) is 0 Å². The molecule has 1 saturated heterocycles. The zero-order valence-corrected chi connectivity index (χ0v) is 13.1. The van der Waals surface area contributed by atoms with Gasteiger partial charge in [0.05, 0.1) is 6.26 Å². The third-order valence-corrected chi connectivity index (χ3v) is 4.56. The van der Waals surface area contributed by atoms with Crippen LogP contribution >= 0.6 is 0 Å². The lowest BCUT2D eigenvalue weighted by Gasteiger charge is -2.32. The molecule has 1 unspecified atom stereocenters. The van der Waals surface area contributed by atoms with Gasteiger partial charge in [0.2, 0.25) is 0 Å². The highest BCUT2D eigenvalue weighted by Gasteiger charge is 2.20. The van der Waals surface area contributed by atoms with E-state index in [0.29, 0.717) is 6.04 Å². The Morgan fingerprint density at radius 2 is 2.19 bits per heavy atom. The Balaban J connectivity index is 1.72. The molecule has 1 N–H and O–H groups in total. The van der Waals surface area contributed by atoms with Gasteiger partial charge in [-0.15, -0.1) is 0 Å². The molecule has 0 saturated carbocycles. The summed E-state index contributed by atoms with van der Waals surface area (Å²) in [6, 6.07) is 8.88. The molecule has 0 spiro atoms. The molecule has 2 heterocycles. The predicted octanol–water partition coefficient (Wildman–Crippen LogP) is 3.64. The predicted molar refractivity (Wildman–Crippen MR) is 87.4 cm³/mol. The topological polar surface area (TPSA) is 28.4 Å². The molecule has 0 bridgehead atoms. The first-order valence-corrected chi connectivity index (χ1v) is 8.14. The van der Waals surface area contributed by atoms with Crippen LogP contribution in [-0.2, 0) is 6.54 Å². The van der Waals surface area contributed by atoms with Gasteiger partial charge in [-0.2, -0.15) is 0 Å². The lowest BCUT2D eigenvalue weighted by Crippen LogP contribution is -2.40. The number of furan rings is 1. The fourth-order valence-corrected chi connectivity index (χ4v) is 3.24. The number of piperidine rings is 1. The van der Waals surface area contributed by atoms with Crippen LogP contribution in [0.2, 0.25) is 0 Å². The first kappa shape index (κ1) is 14.6. The number of fused-ring (bicyclic) bond motifs is 1. The van der Waals surface area contributed by atoms with Crippen molar-refractivity contribution < 1.29 is 4.42 Å². The van der Waals surface area contributed by atoms with Crippen LogP contribution in [0, 0.1) is 5.92 Å². The highest BCUT2D eigenvalue weighted by atomic mass is 16.3. The molecule has 21 heavy (non-hydrogen) atoms. The molecule has 0 radical (unpaired) electrons. The van der Waals surface area contributed by atoms with Crippen LogP contribution in [0.4, 0.5) is 0 Å². The first-order chi connectivity index (χ1) is 10.2. The van der Waals surface area contributed by atoms with Crippen LogP contribution in [0.15, 0.2) is 34.9 Å². The zero-order valence-electron chi connectivity index (χ0n) is 13.1. The molecule has 114 valence electrons. The number of hydrogen-bond acceptors (Lipinski definition) is 3. The molecule has 3 nitrogen and oxygen atoms in total. The van der Waals surface area contributed by atoms with Gasteiger partial charge < -0.3 is 9.73 Å². The highest BCUT2D eigenvalue weighted by Crippen LogP contribution is 2.24. The third kappa shape index (κ3) is 3.47. The van der Waals surface area contributed by atoms with Gasteiger partial charge in [0.25, 0.3) is 0 Å². The van der Waals surface area contributed by atoms with Gasteiger partial charge in [0.1, 0.15) is 5.58 Å². The molecule has 3 heteroatoms. The highest BCUT2D eigenvalue weighted by molar-refractivity contribution is 5.80. The van der Waals surface area contributed by atoms with Crippen LogP contribution in [0.25, 0.3) is 11.0 Å². The molecular weight excluding hydrogens is 260 g/mol. The molecule has 1 fully saturated rings. The summed E-state index contributed by atoms with van der Waals surface area (Å²) in [4.78, 5) is 2.58. The lowest BCUT2D eigenvalue weighted by molar-refractivity contribution is 0.164. The van der Waals surface area contributed by atoms with Crippen molar-refractivity contribution in [2.45, 2.75) is 39.3 Å². The zero-order chi connectivity index (χ0) is 14.7. The fourth-order valence-electron chi connectivity index (χ4n) is 3.24. The summed E-state index contributed by atoms with van der Waals surface area (Å²) in [7, 11) is 0. The molecular formula is C18H26N2O. The normalized spacial score (nSPS) is 19.7. The minimum Gasteiger partial charge on any atom is -0.464 e. The van der Waals surface area contributed by atoms with E-state index in [4.69, 9.17) is 4.42 Å². The molecule has 1 aromatic carbocycles. The number of benzene rings is 1. The second-order valence-corrected chi connectivity index (χ2v) is 6.49. The van der Waals surface area contributed by atoms with Crippen LogP contribution < -0.4 is 5.32 Å². The molecule has 1 atom stereocenters. The number of rotatable bonds is 5. The Kier molecular flexibility index (Phi) is 4.61. The van der Waals surface area contributed by atoms with E-state index in [1.165, 1.54) is 36.9 Å². The van der Waals surface area contributed by atoms with Crippen LogP contribution in [-0.4, -0.2) is 30.6 Å². The van der Waals surface area contributed by atoms with Gasteiger partial charge in [-0.05, 0) is 51.8 Å². The monoisotopic (exact) mass is 286 g/mol. The summed E-state index contributed by atoms with van der Waals surface area (Å²) in [5, 5.41) is 4.78. The molecule has 0 amide bonds. The quantitative estimate of drug-likeness (QED) is 0.909. The first-order valence-electron chi connectivity index (χ1n) is 8.14. The number of hydrogen-bond donors (Lipinski definition) is 1. The maximum absolute atomic E-state index is 5.68. The number of nitrogens with zero attached hydrogens (tertiary/aromatic N) is 1. The minimum atomic E-state index is 0.556. The average molecular weight is 286 g/mol. The fraction of sp³-hybridized carbons (Fsp3) is 0.556. The molecule has 1 aliphatic heterocycles.